The molecular weight excluding hydrogens is 426 g/mol. The van der Waals surface area contributed by atoms with E-state index >= 15 is 0 Å². The summed E-state index contributed by atoms with van der Waals surface area (Å²) in [6, 6.07) is 7.78. The largest absolute Gasteiger partial charge is 0.497 e. The Morgan fingerprint density at radius 1 is 1.19 bits per heavy atom. The number of methoxy groups -OCH3 is 1. The number of amides is 2. The van der Waals surface area contributed by atoms with Gasteiger partial charge in [0, 0.05) is 56.3 Å². The van der Waals surface area contributed by atoms with E-state index in [2.05, 4.69) is 22.1 Å². The molecule has 4 rings (SSSR count). The van der Waals surface area contributed by atoms with Crippen LogP contribution in [0, 0.1) is 0 Å². The van der Waals surface area contributed by atoms with Crippen LogP contribution in [0.1, 0.15) is 36.7 Å². The molecule has 1 aliphatic carbocycles. The number of hydrogen-bond acceptors (Lipinski definition) is 7. The zero-order valence-electron chi connectivity index (χ0n) is 18.7. The molecule has 2 aliphatic rings. The summed E-state index contributed by atoms with van der Waals surface area (Å²) >= 11 is 1.40. The lowest BCUT2D eigenvalue weighted by molar-refractivity contribution is -0.133. The summed E-state index contributed by atoms with van der Waals surface area (Å²) in [7, 11) is 1.63. The van der Waals surface area contributed by atoms with Crippen molar-refractivity contribution in [3.63, 3.8) is 0 Å². The molecule has 0 radical (unpaired) electrons. The van der Waals surface area contributed by atoms with E-state index in [1.54, 1.807) is 12.5 Å². The van der Waals surface area contributed by atoms with Crippen LogP contribution in [-0.4, -0.2) is 83.9 Å². The molecule has 0 spiro atoms. The number of ether oxygens (including phenoxy) is 1. The average molecular weight is 458 g/mol. The van der Waals surface area contributed by atoms with Crippen molar-refractivity contribution in [1.29, 1.82) is 0 Å². The Bertz CT molecular complexity index is 920. The Morgan fingerprint density at radius 3 is 2.53 bits per heavy atom. The molecule has 9 heteroatoms. The van der Waals surface area contributed by atoms with E-state index in [0.29, 0.717) is 23.8 Å². The summed E-state index contributed by atoms with van der Waals surface area (Å²) in [6.07, 6.45) is 2.36. The molecule has 0 unspecified atom stereocenters. The monoisotopic (exact) mass is 457 g/mol. The van der Waals surface area contributed by atoms with Gasteiger partial charge in [0.25, 0.3) is 5.91 Å². The second kappa shape index (κ2) is 10.3. The molecule has 0 atom stereocenters. The third kappa shape index (κ3) is 5.58. The highest BCUT2D eigenvalue weighted by Crippen LogP contribution is 2.30. The number of nitrogens with one attached hydrogen (secondary N) is 1. The van der Waals surface area contributed by atoms with Crippen LogP contribution in [-0.2, 0) is 4.79 Å². The highest BCUT2D eigenvalue weighted by molar-refractivity contribution is 7.14. The van der Waals surface area contributed by atoms with Crippen molar-refractivity contribution in [2.24, 2.45) is 0 Å². The summed E-state index contributed by atoms with van der Waals surface area (Å²) in [5.41, 5.74) is 1.31. The molecule has 1 N–H and O–H groups in total. The number of carbonyl (C=O) groups is 2. The number of carbonyl (C=O) groups excluding carboxylic acids is 2. The quantitative estimate of drug-likeness (QED) is 0.624. The van der Waals surface area contributed by atoms with Crippen molar-refractivity contribution in [1.82, 2.24) is 19.7 Å². The topological polar surface area (TPSA) is 78.0 Å². The first-order valence-electron chi connectivity index (χ1n) is 11.2. The smallest absolute Gasteiger partial charge is 0.273 e. The second-order valence-electron chi connectivity index (χ2n) is 8.19. The van der Waals surface area contributed by atoms with Gasteiger partial charge >= 0.3 is 0 Å². The van der Waals surface area contributed by atoms with Crippen molar-refractivity contribution in [3.05, 3.63) is 35.3 Å². The van der Waals surface area contributed by atoms with Crippen LogP contribution < -0.4 is 10.1 Å². The van der Waals surface area contributed by atoms with Crippen LogP contribution in [0.15, 0.2) is 29.6 Å². The summed E-state index contributed by atoms with van der Waals surface area (Å²) in [6.45, 7) is 7.02. The average Bonchev–Trinajstić information content (AvgIpc) is 3.56. The summed E-state index contributed by atoms with van der Waals surface area (Å²) in [4.78, 5) is 36.5. The Labute approximate surface area is 193 Å². The van der Waals surface area contributed by atoms with Gasteiger partial charge in [0.2, 0.25) is 5.91 Å². The predicted molar refractivity (Wildman–Crippen MR) is 126 cm³/mol. The number of anilines is 2. The number of piperazine rings is 1. The Morgan fingerprint density at radius 2 is 1.91 bits per heavy atom. The molecule has 32 heavy (non-hydrogen) atoms. The fraction of sp³-hybridized carbons (Fsp3) is 0.522. The maximum Gasteiger partial charge on any atom is 0.273 e. The minimum absolute atomic E-state index is 0.0878. The lowest BCUT2D eigenvalue weighted by Crippen LogP contribution is -2.49. The van der Waals surface area contributed by atoms with Crippen LogP contribution in [0.2, 0.25) is 0 Å². The van der Waals surface area contributed by atoms with Crippen LogP contribution in [0.25, 0.3) is 0 Å². The molecule has 2 heterocycles. The number of aromatic nitrogens is 1. The maximum absolute atomic E-state index is 13.1. The normalized spacial score (nSPS) is 16.6. The zero-order chi connectivity index (χ0) is 22.5. The fourth-order valence-corrected chi connectivity index (χ4v) is 4.60. The summed E-state index contributed by atoms with van der Waals surface area (Å²) in [5.74, 6) is 0.835. The van der Waals surface area contributed by atoms with Crippen LogP contribution >= 0.6 is 11.3 Å². The fourth-order valence-electron chi connectivity index (χ4n) is 3.90. The summed E-state index contributed by atoms with van der Waals surface area (Å²) in [5, 5.41) is 5.69. The number of benzene rings is 1. The molecule has 1 aliphatic heterocycles. The van der Waals surface area contributed by atoms with Crippen LogP contribution in [0.4, 0.5) is 10.8 Å². The maximum atomic E-state index is 13.1. The first-order valence-corrected chi connectivity index (χ1v) is 12.1. The zero-order valence-corrected chi connectivity index (χ0v) is 19.6. The first-order chi connectivity index (χ1) is 15.6. The third-order valence-corrected chi connectivity index (χ3v) is 6.81. The number of thiazole rings is 1. The second-order valence-corrected chi connectivity index (χ2v) is 9.04. The first kappa shape index (κ1) is 22.5. The number of likely N-dealkylation sites (N-methyl/N-ethyl adjacent to an activating group) is 1. The minimum Gasteiger partial charge on any atom is -0.497 e. The molecule has 8 nitrogen and oxygen atoms in total. The third-order valence-electron chi connectivity index (χ3n) is 6.05. The van der Waals surface area contributed by atoms with Crippen molar-refractivity contribution >= 4 is 34.0 Å². The molecule has 0 bridgehead atoms. The molecule has 1 aromatic carbocycles. The molecule has 1 saturated carbocycles. The number of rotatable bonds is 9. The van der Waals surface area contributed by atoms with E-state index in [1.807, 2.05) is 34.1 Å². The highest BCUT2D eigenvalue weighted by Gasteiger charge is 2.34. The molecule has 1 saturated heterocycles. The predicted octanol–water partition coefficient (Wildman–Crippen LogP) is 3.05. The summed E-state index contributed by atoms with van der Waals surface area (Å²) < 4.78 is 5.18. The Balaban J connectivity index is 1.33. The lowest BCUT2D eigenvalue weighted by Gasteiger charge is -2.34. The van der Waals surface area contributed by atoms with E-state index in [4.69, 9.17) is 4.74 Å². The van der Waals surface area contributed by atoms with Crippen molar-refractivity contribution in [3.8, 4) is 5.75 Å². The SMILES string of the molecule is CCN1CCN(C(=O)CCN(C(=O)c2csc(Nc3ccc(OC)cc3)n2)C2CC2)CC1. The molecule has 1 aromatic heterocycles. The molecule has 2 amide bonds. The van der Waals surface area contributed by atoms with Gasteiger partial charge in [0.15, 0.2) is 5.13 Å². The van der Waals surface area contributed by atoms with Gasteiger partial charge in [-0.2, -0.15) is 0 Å². The van der Waals surface area contributed by atoms with Crippen molar-refractivity contribution < 1.29 is 14.3 Å². The van der Waals surface area contributed by atoms with Crippen molar-refractivity contribution in [2.75, 3.05) is 51.7 Å². The molecule has 172 valence electrons. The standard InChI is InChI=1S/C23H31N5O3S/c1-3-26-12-14-27(15-13-26)21(29)10-11-28(18-6-7-18)22(30)20-16-32-23(25-20)24-17-4-8-19(31-2)9-5-17/h4-5,8-9,16,18H,3,6-7,10-15H2,1-2H3,(H,24,25). The van der Waals surface area contributed by atoms with E-state index < -0.39 is 0 Å². The van der Waals surface area contributed by atoms with Crippen LogP contribution in [0.5, 0.6) is 5.75 Å². The number of hydrogen-bond donors (Lipinski definition) is 1. The van der Waals surface area contributed by atoms with Gasteiger partial charge in [-0.1, -0.05) is 6.92 Å². The Hall–Kier alpha value is -2.65. The van der Waals surface area contributed by atoms with Gasteiger partial charge < -0.3 is 24.8 Å². The highest BCUT2D eigenvalue weighted by atomic mass is 32.1. The van der Waals surface area contributed by atoms with E-state index in [0.717, 1.165) is 57.0 Å². The molecule has 2 fully saturated rings. The van der Waals surface area contributed by atoms with E-state index in [1.165, 1.54) is 11.3 Å². The van der Waals surface area contributed by atoms with E-state index in [-0.39, 0.29) is 17.9 Å². The number of nitrogens with zero attached hydrogens (tertiary/aromatic N) is 4. The Kier molecular flexibility index (Phi) is 7.26. The molecule has 2 aromatic rings. The lowest BCUT2D eigenvalue weighted by atomic mass is 10.2. The van der Waals surface area contributed by atoms with Gasteiger partial charge in [0.05, 0.1) is 7.11 Å². The molecular formula is C23H31N5O3S. The van der Waals surface area contributed by atoms with E-state index in [9.17, 15) is 9.59 Å². The van der Waals surface area contributed by atoms with Gasteiger partial charge in [-0.15, -0.1) is 11.3 Å². The van der Waals surface area contributed by atoms with Gasteiger partial charge in [0.1, 0.15) is 11.4 Å². The van der Waals surface area contributed by atoms with Gasteiger partial charge in [-0.3, -0.25) is 9.59 Å². The van der Waals surface area contributed by atoms with Crippen LogP contribution in [0.3, 0.4) is 0 Å². The van der Waals surface area contributed by atoms with Crippen molar-refractivity contribution in [2.45, 2.75) is 32.2 Å². The van der Waals surface area contributed by atoms with Gasteiger partial charge in [-0.25, -0.2) is 4.98 Å². The minimum atomic E-state index is -0.0878. The van der Waals surface area contributed by atoms with Gasteiger partial charge in [-0.05, 0) is 43.7 Å².